The predicted octanol–water partition coefficient (Wildman–Crippen LogP) is 4.17. The van der Waals surface area contributed by atoms with Gasteiger partial charge < -0.3 is 10.4 Å². The first-order valence-corrected chi connectivity index (χ1v) is 6.80. The van der Waals surface area contributed by atoms with E-state index in [0.717, 1.165) is 23.5 Å². The summed E-state index contributed by atoms with van der Waals surface area (Å²) in [6, 6.07) is 4.45. The second-order valence-corrected chi connectivity index (χ2v) is 5.15. The molecule has 112 valence electrons. The number of thiazole rings is 1. The number of carboxylic acids is 1. The second kappa shape index (κ2) is 5.72. The summed E-state index contributed by atoms with van der Waals surface area (Å²) in [5.41, 5.74) is 0.117. The molecule has 0 amide bonds. The molecule has 0 unspecified atom stereocenters. The maximum absolute atomic E-state index is 12.4. The van der Waals surface area contributed by atoms with Crippen LogP contribution in [0.5, 0.6) is 0 Å². The second-order valence-electron chi connectivity index (χ2n) is 4.15. The van der Waals surface area contributed by atoms with Gasteiger partial charge in [0.05, 0.1) is 11.3 Å². The molecule has 4 nitrogen and oxygen atoms in total. The van der Waals surface area contributed by atoms with Gasteiger partial charge in [-0.05, 0) is 30.7 Å². The van der Waals surface area contributed by atoms with E-state index in [1.54, 1.807) is 6.92 Å². The van der Waals surface area contributed by atoms with Crippen molar-refractivity contribution in [3.8, 4) is 0 Å². The molecule has 21 heavy (non-hydrogen) atoms. The predicted molar refractivity (Wildman–Crippen MR) is 73.2 cm³/mol. The number of aromatic nitrogens is 1. The lowest BCUT2D eigenvalue weighted by atomic mass is 10.2. The van der Waals surface area contributed by atoms with Gasteiger partial charge in [0.25, 0.3) is 0 Å². The zero-order valence-electron chi connectivity index (χ0n) is 10.9. The fourth-order valence-corrected chi connectivity index (χ4v) is 2.59. The SMILES string of the molecule is CCc1nc(Nc2ccc(C(F)(F)F)cc2)sc1C(=O)O. The summed E-state index contributed by atoms with van der Waals surface area (Å²) < 4.78 is 37.3. The van der Waals surface area contributed by atoms with E-state index >= 15 is 0 Å². The highest BCUT2D eigenvalue weighted by molar-refractivity contribution is 7.17. The van der Waals surface area contributed by atoms with Gasteiger partial charge in [0, 0.05) is 5.69 Å². The van der Waals surface area contributed by atoms with Crippen LogP contribution in [0.25, 0.3) is 0 Å². The van der Waals surface area contributed by atoms with Crippen molar-refractivity contribution in [2.45, 2.75) is 19.5 Å². The number of rotatable bonds is 4. The van der Waals surface area contributed by atoms with E-state index in [4.69, 9.17) is 5.11 Å². The maximum atomic E-state index is 12.4. The Morgan fingerprint density at radius 1 is 1.33 bits per heavy atom. The number of nitrogens with zero attached hydrogens (tertiary/aromatic N) is 1. The summed E-state index contributed by atoms with van der Waals surface area (Å²) in [6.07, 6.45) is -3.92. The van der Waals surface area contributed by atoms with Gasteiger partial charge in [-0.15, -0.1) is 0 Å². The number of aryl methyl sites for hydroxylation is 1. The van der Waals surface area contributed by atoms with Gasteiger partial charge in [-0.1, -0.05) is 18.3 Å². The first-order chi connectivity index (χ1) is 9.81. The van der Waals surface area contributed by atoms with Crippen LogP contribution in [0.4, 0.5) is 24.0 Å². The maximum Gasteiger partial charge on any atom is 0.416 e. The Bertz CT molecular complexity index is 650. The first-order valence-electron chi connectivity index (χ1n) is 5.98. The Kier molecular flexibility index (Phi) is 4.17. The summed E-state index contributed by atoms with van der Waals surface area (Å²) in [4.78, 5) is 15.3. The molecule has 0 spiro atoms. The summed E-state index contributed by atoms with van der Waals surface area (Å²) in [6.45, 7) is 1.78. The fourth-order valence-electron chi connectivity index (χ4n) is 1.68. The van der Waals surface area contributed by atoms with E-state index in [0.29, 0.717) is 22.9 Å². The standard InChI is InChI=1S/C13H11F3N2O2S/c1-2-9-10(11(19)20)21-12(18-9)17-8-5-3-7(4-6-8)13(14,15)16/h3-6H,2H2,1H3,(H,17,18)(H,19,20). The molecule has 0 aliphatic carbocycles. The van der Waals surface area contributed by atoms with Crippen molar-refractivity contribution < 1.29 is 23.1 Å². The topological polar surface area (TPSA) is 62.2 Å². The third-order valence-electron chi connectivity index (χ3n) is 2.69. The van der Waals surface area contributed by atoms with Gasteiger partial charge in [0.1, 0.15) is 4.88 Å². The van der Waals surface area contributed by atoms with Crippen LogP contribution in [0, 0.1) is 0 Å². The van der Waals surface area contributed by atoms with Gasteiger partial charge >= 0.3 is 12.1 Å². The molecular weight excluding hydrogens is 305 g/mol. The number of anilines is 2. The van der Waals surface area contributed by atoms with Crippen molar-refractivity contribution in [3.63, 3.8) is 0 Å². The Hall–Kier alpha value is -2.09. The number of halogens is 3. The van der Waals surface area contributed by atoms with Crippen LogP contribution in [0.2, 0.25) is 0 Å². The number of carbonyl (C=O) groups is 1. The number of benzene rings is 1. The summed E-state index contributed by atoms with van der Waals surface area (Å²) in [5.74, 6) is -1.06. The molecule has 0 aliphatic rings. The number of alkyl halides is 3. The van der Waals surface area contributed by atoms with E-state index < -0.39 is 17.7 Å². The van der Waals surface area contributed by atoms with Crippen LogP contribution in [0.3, 0.4) is 0 Å². The van der Waals surface area contributed by atoms with E-state index in [2.05, 4.69) is 10.3 Å². The minimum Gasteiger partial charge on any atom is -0.477 e. The molecule has 0 aliphatic heterocycles. The molecule has 2 N–H and O–H groups in total. The van der Waals surface area contributed by atoms with Gasteiger partial charge in [0.2, 0.25) is 0 Å². The molecule has 0 radical (unpaired) electrons. The molecule has 1 aromatic carbocycles. The van der Waals surface area contributed by atoms with Crippen molar-refractivity contribution in [1.82, 2.24) is 4.98 Å². The zero-order valence-corrected chi connectivity index (χ0v) is 11.7. The molecule has 1 heterocycles. The molecule has 0 saturated heterocycles. The lowest BCUT2D eigenvalue weighted by Gasteiger charge is -2.07. The fraction of sp³-hybridized carbons (Fsp3) is 0.231. The lowest BCUT2D eigenvalue weighted by Crippen LogP contribution is -2.04. The molecule has 0 bridgehead atoms. The van der Waals surface area contributed by atoms with Crippen LogP contribution in [0.15, 0.2) is 24.3 Å². The Morgan fingerprint density at radius 3 is 2.38 bits per heavy atom. The van der Waals surface area contributed by atoms with Gasteiger partial charge in [-0.2, -0.15) is 13.2 Å². The number of carboxylic acid groups (broad SMARTS) is 1. The van der Waals surface area contributed by atoms with Gasteiger partial charge in [-0.25, -0.2) is 9.78 Å². The van der Waals surface area contributed by atoms with E-state index in [1.807, 2.05) is 0 Å². The Labute approximate surface area is 122 Å². The van der Waals surface area contributed by atoms with Crippen molar-refractivity contribution in [2.24, 2.45) is 0 Å². The van der Waals surface area contributed by atoms with Crippen LogP contribution in [-0.2, 0) is 12.6 Å². The minimum atomic E-state index is -4.38. The number of hydrogen-bond acceptors (Lipinski definition) is 4. The average Bonchev–Trinajstić information content (AvgIpc) is 2.81. The van der Waals surface area contributed by atoms with Crippen LogP contribution < -0.4 is 5.32 Å². The molecule has 1 aromatic heterocycles. The van der Waals surface area contributed by atoms with Crippen molar-refractivity contribution in [3.05, 3.63) is 40.4 Å². The summed E-state index contributed by atoms with van der Waals surface area (Å²) in [5, 5.41) is 12.2. The third kappa shape index (κ3) is 3.52. The molecule has 0 atom stereocenters. The van der Waals surface area contributed by atoms with Crippen LogP contribution in [-0.4, -0.2) is 16.1 Å². The lowest BCUT2D eigenvalue weighted by molar-refractivity contribution is -0.137. The smallest absolute Gasteiger partial charge is 0.416 e. The highest BCUT2D eigenvalue weighted by Crippen LogP contribution is 2.31. The first kappa shape index (κ1) is 15.3. The Morgan fingerprint density at radius 2 is 1.95 bits per heavy atom. The molecular formula is C13H11F3N2O2S. The largest absolute Gasteiger partial charge is 0.477 e. The Balaban J connectivity index is 2.20. The van der Waals surface area contributed by atoms with Crippen LogP contribution >= 0.6 is 11.3 Å². The number of hydrogen-bond donors (Lipinski definition) is 2. The summed E-state index contributed by atoms with van der Waals surface area (Å²) >= 11 is 0.953. The molecule has 0 fully saturated rings. The van der Waals surface area contributed by atoms with E-state index in [-0.39, 0.29) is 4.88 Å². The molecule has 0 saturated carbocycles. The van der Waals surface area contributed by atoms with Crippen molar-refractivity contribution in [1.29, 1.82) is 0 Å². The van der Waals surface area contributed by atoms with E-state index in [9.17, 15) is 18.0 Å². The average molecular weight is 316 g/mol. The van der Waals surface area contributed by atoms with Gasteiger partial charge in [-0.3, -0.25) is 0 Å². The van der Waals surface area contributed by atoms with E-state index in [1.165, 1.54) is 12.1 Å². The third-order valence-corrected chi connectivity index (χ3v) is 3.69. The highest BCUT2D eigenvalue weighted by atomic mass is 32.1. The monoisotopic (exact) mass is 316 g/mol. The molecule has 2 aromatic rings. The minimum absolute atomic E-state index is 0.131. The molecule has 8 heteroatoms. The van der Waals surface area contributed by atoms with Crippen molar-refractivity contribution >= 4 is 28.1 Å². The normalized spacial score (nSPS) is 11.4. The number of nitrogens with one attached hydrogen (secondary N) is 1. The zero-order chi connectivity index (χ0) is 15.6. The molecule has 2 rings (SSSR count). The van der Waals surface area contributed by atoms with Crippen LogP contribution in [0.1, 0.15) is 27.9 Å². The summed E-state index contributed by atoms with van der Waals surface area (Å²) in [7, 11) is 0. The number of aromatic carboxylic acids is 1. The highest BCUT2D eigenvalue weighted by Gasteiger charge is 2.30. The van der Waals surface area contributed by atoms with Gasteiger partial charge in [0.15, 0.2) is 5.13 Å². The van der Waals surface area contributed by atoms with Crippen molar-refractivity contribution in [2.75, 3.05) is 5.32 Å². The quantitative estimate of drug-likeness (QED) is 0.889.